The van der Waals surface area contributed by atoms with E-state index in [1.807, 2.05) is 56.3 Å². The molecule has 2 aromatic carbocycles. The first-order valence-corrected chi connectivity index (χ1v) is 8.78. The summed E-state index contributed by atoms with van der Waals surface area (Å²) in [6.07, 6.45) is 0.700. The zero-order chi connectivity index (χ0) is 19.4. The minimum Gasteiger partial charge on any atom is -0.497 e. The molecule has 0 spiro atoms. The van der Waals surface area contributed by atoms with E-state index in [0.29, 0.717) is 24.6 Å². The van der Waals surface area contributed by atoms with Crippen molar-refractivity contribution < 1.29 is 14.1 Å². The second-order valence-corrected chi connectivity index (χ2v) is 6.48. The van der Waals surface area contributed by atoms with Gasteiger partial charge in [-0.15, -0.1) is 0 Å². The lowest BCUT2D eigenvalue weighted by Gasteiger charge is -2.19. The summed E-state index contributed by atoms with van der Waals surface area (Å²) in [5.41, 5.74) is 3.95. The molecule has 140 valence electrons. The number of carbonyl (C=O) groups is 1. The highest BCUT2D eigenvalue weighted by Crippen LogP contribution is 2.22. The molecule has 0 bridgehead atoms. The Balaban J connectivity index is 1.63. The molecule has 0 saturated heterocycles. The number of aromatic nitrogens is 2. The third-order valence-corrected chi connectivity index (χ3v) is 4.47. The highest BCUT2D eigenvalue weighted by atomic mass is 16.5. The average molecular weight is 365 g/mol. The Morgan fingerprint density at radius 1 is 1.15 bits per heavy atom. The Hall–Kier alpha value is -3.15. The van der Waals surface area contributed by atoms with Crippen LogP contribution < -0.4 is 9.64 Å². The Morgan fingerprint density at radius 2 is 1.89 bits per heavy atom. The first-order valence-electron chi connectivity index (χ1n) is 8.78. The molecule has 0 aliphatic rings. The fraction of sp³-hybridized carbons (Fsp3) is 0.286. The lowest BCUT2D eigenvalue weighted by atomic mass is 10.1. The average Bonchev–Trinajstić information content (AvgIpc) is 3.16. The summed E-state index contributed by atoms with van der Waals surface area (Å²) in [5.74, 6) is 1.72. The van der Waals surface area contributed by atoms with Gasteiger partial charge in [0.1, 0.15) is 5.75 Å². The Bertz CT molecular complexity index is 932. The van der Waals surface area contributed by atoms with Crippen LogP contribution in [0.15, 0.2) is 47.0 Å². The van der Waals surface area contributed by atoms with Crippen LogP contribution >= 0.6 is 0 Å². The van der Waals surface area contributed by atoms with Crippen LogP contribution in [0.5, 0.6) is 5.75 Å². The number of ether oxygens (including phenoxy) is 1. The number of nitrogens with zero attached hydrogens (tertiary/aromatic N) is 3. The van der Waals surface area contributed by atoms with Gasteiger partial charge < -0.3 is 14.2 Å². The Morgan fingerprint density at radius 3 is 2.59 bits per heavy atom. The van der Waals surface area contributed by atoms with Gasteiger partial charge in [-0.05, 0) is 55.3 Å². The van der Waals surface area contributed by atoms with Gasteiger partial charge in [0.25, 0.3) is 0 Å². The molecule has 6 nitrogen and oxygen atoms in total. The SMILES string of the molecule is COc1ccc(-c2noc(CCC(=O)N(C)c3cc(C)ccc3C)n2)cc1. The van der Waals surface area contributed by atoms with E-state index >= 15 is 0 Å². The molecule has 0 fully saturated rings. The molecule has 1 amide bonds. The van der Waals surface area contributed by atoms with Crippen molar-refractivity contribution in [1.29, 1.82) is 0 Å². The van der Waals surface area contributed by atoms with E-state index < -0.39 is 0 Å². The van der Waals surface area contributed by atoms with Gasteiger partial charge in [-0.3, -0.25) is 4.79 Å². The van der Waals surface area contributed by atoms with Crippen LogP contribution in [0.3, 0.4) is 0 Å². The monoisotopic (exact) mass is 365 g/mol. The van der Waals surface area contributed by atoms with Gasteiger partial charge in [0.2, 0.25) is 17.6 Å². The lowest BCUT2D eigenvalue weighted by molar-refractivity contribution is -0.118. The van der Waals surface area contributed by atoms with Crippen molar-refractivity contribution in [3.8, 4) is 17.1 Å². The van der Waals surface area contributed by atoms with Crippen LogP contribution in [0, 0.1) is 13.8 Å². The zero-order valence-electron chi connectivity index (χ0n) is 16.0. The second kappa shape index (κ2) is 8.03. The zero-order valence-corrected chi connectivity index (χ0v) is 16.0. The summed E-state index contributed by atoms with van der Waals surface area (Å²) in [4.78, 5) is 18.6. The standard InChI is InChI=1S/C21H23N3O3/c1-14-5-6-15(2)18(13-14)24(3)20(25)12-11-19-22-21(23-27-19)16-7-9-17(26-4)10-8-16/h5-10,13H,11-12H2,1-4H3. The van der Waals surface area contributed by atoms with Gasteiger partial charge in [0, 0.05) is 31.1 Å². The molecule has 3 aromatic rings. The molecule has 0 unspecified atom stereocenters. The molecule has 0 atom stereocenters. The molecule has 1 aromatic heterocycles. The van der Waals surface area contributed by atoms with Crippen molar-refractivity contribution in [1.82, 2.24) is 10.1 Å². The number of hydrogen-bond donors (Lipinski definition) is 0. The highest BCUT2D eigenvalue weighted by molar-refractivity contribution is 5.93. The number of benzene rings is 2. The number of rotatable bonds is 6. The summed E-state index contributed by atoms with van der Waals surface area (Å²) in [5, 5.41) is 4.00. The molecule has 1 heterocycles. The lowest BCUT2D eigenvalue weighted by Crippen LogP contribution is -2.27. The van der Waals surface area contributed by atoms with Gasteiger partial charge in [-0.25, -0.2) is 0 Å². The largest absolute Gasteiger partial charge is 0.497 e. The minimum atomic E-state index is 0.00731. The molecule has 0 N–H and O–H groups in total. The van der Waals surface area contributed by atoms with Crippen molar-refractivity contribution in [2.75, 3.05) is 19.1 Å². The molecular weight excluding hydrogens is 342 g/mol. The number of carbonyl (C=O) groups excluding carboxylic acids is 1. The smallest absolute Gasteiger partial charge is 0.227 e. The summed E-state index contributed by atoms with van der Waals surface area (Å²) in [7, 11) is 3.41. The van der Waals surface area contributed by atoms with Crippen molar-refractivity contribution >= 4 is 11.6 Å². The number of methoxy groups -OCH3 is 1. The van der Waals surface area contributed by atoms with Crippen LogP contribution in [-0.4, -0.2) is 30.2 Å². The van der Waals surface area contributed by atoms with Crippen molar-refractivity contribution in [2.24, 2.45) is 0 Å². The van der Waals surface area contributed by atoms with E-state index in [0.717, 1.165) is 28.1 Å². The van der Waals surface area contributed by atoms with E-state index in [1.165, 1.54) is 0 Å². The van der Waals surface area contributed by atoms with Gasteiger partial charge in [0.15, 0.2) is 0 Å². The maximum Gasteiger partial charge on any atom is 0.227 e. The van der Waals surface area contributed by atoms with Gasteiger partial charge in [-0.1, -0.05) is 17.3 Å². The summed E-state index contributed by atoms with van der Waals surface area (Å²) in [6, 6.07) is 13.5. The number of hydrogen-bond acceptors (Lipinski definition) is 5. The van der Waals surface area contributed by atoms with Crippen molar-refractivity contribution in [2.45, 2.75) is 26.7 Å². The highest BCUT2D eigenvalue weighted by Gasteiger charge is 2.16. The van der Waals surface area contributed by atoms with Crippen LogP contribution in [0.1, 0.15) is 23.4 Å². The minimum absolute atomic E-state index is 0.00731. The maximum absolute atomic E-state index is 12.5. The predicted molar refractivity (Wildman–Crippen MR) is 104 cm³/mol. The topological polar surface area (TPSA) is 68.5 Å². The fourth-order valence-electron chi connectivity index (χ4n) is 2.81. The predicted octanol–water partition coefficient (Wildman–Crippen LogP) is 3.96. The summed E-state index contributed by atoms with van der Waals surface area (Å²) < 4.78 is 10.4. The second-order valence-electron chi connectivity index (χ2n) is 6.48. The summed E-state index contributed by atoms with van der Waals surface area (Å²) in [6.45, 7) is 4.01. The molecule has 0 aliphatic carbocycles. The molecule has 0 saturated carbocycles. The van der Waals surface area contributed by atoms with E-state index in [9.17, 15) is 4.79 Å². The van der Waals surface area contributed by atoms with Crippen molar-refractivity contribution in [3.63, 3.8) is 0 Å². The molecule has 6 heteroatoms. The Labute approximate surface area is 158 Å². The molecular formula is C21H23N3O3. The summed E-state index contributed by atoms with van der Waals surface area (Å²) >= 11 is 0. The molecule has 0 aliphatic heterocycles. The maximum atomic E-state index is 12.5. The van der Waals surface area contributed by atoms with E-state index in [-0.39, 0.29) is 5.91 Å². The van der Waals surface area contributed by atoms with Gasteiger partial charge in [0.05, 0.1) is 7.11 Å². The van der Waals surface area contributed by atoms with Crippen LogP contribution in [0.25, 0.3) is 11.4 Å². The normalized spacial score (nSPS) is 10.7. The first kappa shape index (κ1) is 18.6. The quantitative estimate of drug-likeness (QED) is 0.661. The van der Waals surface area contributed by atoms with Crippen LogP contribution in [-0.2, 0) is 11.2 Å². The van der Waals surface area contributed by atoms with E-state index in [4.69, 9.17) is 9.26 Å². The number of aryl methyl sites for hydroxylation is 3. The number of anilines is 1. The first-order chi connectivity index (χ1) is 13.0. The van der Waals surface area contributed by atoms with Gasteiger partial charge >= 0.3 is 0 Å². The third-order valence-electron chi connectivity index (χ3n) is 4.47. The Kier molecular flexibility index (Phi) is 5.54. The van der Waals surface area contributed by atoms with Crippen LogP contribution in [0.4, 0.5) is 5.69 Å². The number of amides is 1. The fourth-order valence-corrected chi connectivity index (χ4v) is 2.81. The molecule has 27 heavy (non-hydrogen) atoms. The van der Waals surface area contributed by atoms with Crippen molar-refractivity contribution in [3.05, 3.63) is 59.5 Å². The van der Waals surface area contributed by atoms with Crippen LogP contribution in [0.2, 0.25) is 0 Å². The van der Waals surface area contributed by atoms with E-state index in [1.54, 1.807) is 19.1 Å². The van der Waals surface area contributed by atoms with Gasteiger partial charge in [-0.2, -0.15) is 4.98 Å². The van der Waals surface area contributed by atoms with E-state index in [2.05, 4.69) is 10.1 Å². The third kappa shape index (κ3) is 4.34. The molecule has 3 rings (SSSR count). The molecule has 0 radical (unpaired) electrons.